The number of aromatic carboxylic acids is 1. The summed E-state index contributed by atoms with van der Waals surface area (Å²) in [5, 5.41) is 8.93. The topological polar surface area (TPSA) is 92.3 Å². The number of benzene rings is 1. The Labute approximate surface area is 119 Å². The second-order valence-corrected chi connectivity index (χ2v) is 4.25. The van der Waals surface area contributed by atoms with E-state index in [1.165, 1.54) is 12.1 Å². The number of nitrogens with one attached hydrogen (secondary N) is 1. The minimum atomic E-state index is -1.25. The quantitative estimate of drug-likeness (QED) is 0.876. The number of rotatable bonds is 5. The number of aromatic nitrogens is 2. The maximum absolute atomic E-state index is 13.5. The van der Waals surface area contributed by atoms with Crippen LogP contribution in [-0.4, -0.2) is 27.7 Å². The first-order valence-electron chi connectivity index (χ1n) is 6.22. The van der Waals surface area contributed by atoms with Crippen LogP contribution in [0.1, 0.15) is 23.1 Å². The van der Waals surface area contributed by atoms with Crippen molar-refractivity contribution in [2.45, 2.75) is 13.5 Å². The van der Waals surface area contributed by atoms with Crippen molar-refractivity contribution in [3.63, 3.8) is 0 Å². The van der Waals surface area contributed by atoms with Gasteiger partial charge in [0.2, 0.25) is 0 Å². The monoisotopic (exact) mass is 292 g/mol. The molecule has 7 heteroatoms. The van der Waals surface area contributed by atoms with Crippen LogP contribution in [0.5, 0.6) is 0 Å². The van der Waals surface area contributed by atoms with Crippen molar-refractivity contribution >= 4 is 5.97 Å². The number of carboxylic acids is 1. The van der Waals surface area contributed by atoms with Crippen LogP contribution in [0.2, 0.25) is 0 Å². The van der Waals surface area contributed by atoms with Gasteiger partial charge in [-0.05, 0) is 25.1 Å². The van der Waals surface area contributed by atoms with Crippen molar-refractivity contribution in [3.05, 3.63) is 51.8 Å². The normalized spacial score (nSPS) is 10.6. The summed E-state index contributed by atoms with van der Waals surface area (Å²) in [6.45, 7) is 2.37. The molecule has 1 aromatic heterocycles. The molecule has 6 nitrogen and oxygen atoms in total. The van der Waals surface area contributed by atoms with Crippen molar-refractivity contribution in [1.82, 2.24) is 9.97 Å². The molecule has 0 saturated heterocycles. The lowest BCUT2D eigenvalue weighted by Crippen LogP contribution is -2.12. The molecule has 1 heterocycles. The highest BCUT2D eigenvalue weighted by molar-refractivity contribution is 5.89. The molecule has 0 spiro atoms. The first kappa shape index (κ1) is 14.9. The second kappa shape index (κ2) is 6.27. The van der Waals surface area contributed by atoms with Crippen LogP contribution in [0.25, 0.3) is 11.3 Å². The molecule has 21 heavy (non-hydrogen) atoms. The molecule has 0 aliphatic heterocycles. The van der Waals surface area contributed by atoms with Gasteiger partial charge >= 0.3 is 5.97 Å². The Morgan fingerprint density at radius 2 is 2.14 bits per heavy atom. The van der Waals surface area contributed by atoms with Gasteiger partial charge in [0, 0.05) is 18.2 Å². The fraction of sp³-hybridized carbons (Fsp3) is 0.214. The van der Waals surface area contributed by atoms with Crippen LogP contribution in [0.15, 0.2) is 29.1 Å². The summed E-state index contributed by atoms with van der Waals surface area (Å²) in [4.78, 5) is 29.2. The van der Waals surface area contributed by atoms with Gasteiger partial charge in [-0.1, -0.05) is 0 Å². The third-order valence-corrected chi connectivity index (χ3v) is 2.67. The zero-order chi connectivity index (χ0) is 15.4. The summed E-state index contributed by atoms with van der Waals surface area (Å²) in [6.07, 6.45) is 0. The minimum Gasteiger partial charge on any atom is -0.478 e. The van der Waals surface area contributed by atoms with Gasteiger partial charge in [-0.3, -0.25) is 4.79 Å². The van der Waals surface area contributed by atoms with Crippen molar-refractivity contribution in [3.8, 4) is 11.3 Å². The fourth-order valence-corrected chi connectivity index (χ4v) is 1.78. The van der Waals surface area contributed by atoms with E-state index in [2.05, 4.69) is 9.97 Å². The summed E-state index contributed by atoms with van der Waals surface area (Å²) >= 11 is 0. The molecule has 2 aromatic rings. The standard InChI is InChI=1S/C14H13FN2O4/c1-2-21-7-12-16-11(6-13(18)17-12)8-3-9(14(19)20)5-10(15)4-8/h3-6H,2,7H2,1H3,(H,19,20)(H,16,17,18). The summed E-state index contributed by atoms with van der Waals surface area (Å²) in [5.41, 5.74) is -0.221. The molecule has 0 atom stereocenters. The van der Waals surface area contributed by atoms with Gasteiger partial charge in [-0.25, -0.2) is 14.2 Å². The highest BCUT2D eigenvalue weighted by Crippen LogP contribution is 2.19. The van der Waals surface area contributed by atoms with Gasteiger partial charge in [0.25, 0.3) is 5.56 Å². The van der Waals surface area contributed by atoms with E-state index in [0.717, 1.165) is 12.1 Å². The maximum atomic E-state index is 13.5. The smallest absolute Gasteiger partial charge is 0.335 e. The average Bonchev–Trinajstić information content (AvgIpc) is 2.43. The predicted octanol–water partition coefficient (Wildman–Crippen LogP) is 1.81. The lowest BCUT2D eigenvalue weighted by atomic mass is 10.1. The molecule has 2 N–H and O–H groups in total. The summed E-state index contributed by atoms with van der Waals surface area (Å²) in [6, 6.07) is 4.46. The van der Waals surface area contributed by atoms with E-state index in [-0.39, 0.29) is 23.4 Å². The van der Waals surface area contributed by atoms with Crippen molar-refractivity contribution in [2.24, 2.45) is 0 Å². The van der Waals surface area contributed by atoms with Crippen LogP contribution >= 0.6 is 0 Å². The Bertz CT molecular complexity index is 727. The molecule has 0 bridgehead atoms. The van der Waals surface area contributed by atoms with E-state index in [4.69, 9.17) is 9.84 Å². The van der Waals surface area contributed by atoms with Crippen LogP contribution in [0.3, 0.4) is 0 Å². The van der Waals surface area contributed by atoms with E-state index < -0.39 is 17.3 Å². The zero-order valence-electron chi connectivity index (χ0n) is 11.2. The third-order valence-electron chi connectivity index (χ3n) is 2.67. The maximum Gasteiger partial charge on any atom is 0.335 e. The van der Waals surface area contributed by atoms with Crippen LogP contribution in [0, 0.1) is 5.82 Å². The SMILES string of the molecule is CCOCc1nc(-c2cc(F)cc(C(=O)O)c2)cc(=O)[nH]1. The summed E-state index contributed by atoms with van der Waals surface area (Å²) < 4.78 is 18.6. The molecule has 0 saturated carbocycles. The summed E-state index contributed by atoms with van der Waals surface area (Å²) in [5.74, 6) is -1.67. The molecule has 0 aliphatic carbocycles. The number of aromatic amines is 1. The number of H-pyrrole nitrogens is 1. The Balaban J connectivity index is 2.48. The van der Waals surface area contributed by atoms with Crippen LogP contribution in [0.4, 0.5) is 4.39 Å². The van der Waals surface area contributed by atoms with E-state index >= 15 is 0 Å². The fourth-order valence-electron chi connectivity index (χ4n) is 1.78. The number of carboxylic acid groups (broad SMARTS) is 1. The molecule has 0 aliphatic rings. The third kappa shape index (κ3) is 3.73. The number of halogens is 1. The lowest BCUT2D eigenvalue weighted by Gasteiger charge is -2.06. The Morgan fingerprint density at radius 1 is 1.38 bits per heavy atom. The van der Waals surface area contributed by atoms with Gasteiger partial charge < -0.3 is 14.8 Å². The van der Waals surface area contributed by atoms with Crippen molar-refractivity contribution in [1.29, 1.82) is 0 Å². The van der Waals surface area contributed by atoms with Gasteiger partial charge in [0.1, 0.15) is 18.2 Å². The number of hydrogen-bond acceptors (Lipinski definition) is 4. The van der Waals surface area contributed by atoms with Crippen molar-refractivity contribution < 1.29 is 19.0 Å². The van der Waals surface area contributed by atoms with Gasteiger partial charge in [0.15, 0.2) is 0 Å². The molecule has 110 valence electrons. The molecular formula is C14H13FN2O4. The van der Waals surface area contributed by atoms with Crippen LogP contribution < -0.4 is 5.56 Å². The number of nitrogens with zero attached hydrogens (tertiary/aromatic N) is 1. The van der Waals surface area contributed by atoms with Crippen LogP contribution in [-0.2, 0) is 11.3 Å². The highest BCUT2D eigenvalue weighted by Gasteiger charge is 2.11. The number of ether oxygens (including phenoxy) is 1. The van der Waals surface area contributed by atoms with E-state index in [1.54, 1.807) is 6.92 Å². The van der Waals surface area contributed by atoms with Gasteiger partial charge in [-0.2, -0.15) is 0 Å². The molecule has 0 radical (unpaired) electrons. The molecule has 0 fully saturated rings. The molecular weight excluding hydrogens is 279 g/mol. The Hall–Kier alpha value is -2.54. The number of hydrogen-bond donors (Lipinski definition) is 2. The minimum absolute atomic E-state index is 0.112. The summed E-state index contributed by atoms with van der Waals surface area (Å²) in [7, 11) is 0. The zero-order valence-corrected chi connectivity index (χ0v) is 11.2. The van der Waals surface area contributed by atoms with E-state index in [9.17, 15) is 14.0 Å². The predicted molar refractivity (Wildman–Crippen MR) is 72.5 cm³/mol. The first-order chi connectivity index (χ1) is 9.99. The average molecular weight is 292 g/mol. The molecule has 0 unspecified atom stereocenters. The van der Waals surface area contributed by atoms with Crippen molar-refractivity contribution in [2.75, 3.05) is 6.61 Å². The van der Waals surface area contributed by atoms with E-state index in [1.807, 2.05) is 0 Å². The molecule has 2 rings (SSSR count). The van der Waals surface area contributed by atoms with Gasteiger partial charge in [0.05, 0.1) is 11.3 Å². The van der Waals surface area contributed by atoms with Gasteiger partial charge in [-0.15, -0.1) is 0 Å². The highest BCUT2D eigenvalue weighted by atomic mass is 19.1. The largest absolute Gasteiger partial charge is 0.478 e. The van der Waals surface area contributed by atoms with E-state index in [0.29, 0.717) is 12.4 Å². The molecule has 0 amide bonds. The second-order valence-electron chi connectivity index (χ2n) is 4.25. The lowest BCUT2D eigenvalue weighted by molar-refractivity contribution is 0.0696. The number of carbonyl (C=O) groups is 1. The Morgan fingerprint density at radius 3 is 2.81 bits per heavy atom. The first-order valence-corrected chi connectivity index (χ1v) is 6.22. The Kier molecular flexibility index (Phi) is 4.44. The molecule has 1 aromatic carbocycles.